The van der Waals surface area contributed by atoms with Crippen molar-refractivity contribution in [1.82, 2.24) is 4.90 Å². The molecule has 3 rings (SSSR count). The van der Waals surface area contributed by atoms with Crippen LogP contribution in [0.4, 0.5) is 11.4 Å². The molecule has 0 fully saturated rings. The Kier molecular flexibility index (Phi) is 6.95. The summed E-state index contributed by atoms with van der Waals surface area (Å²) in [5.74, 6) is 0.230. The third kappa shape index (κ3) is 5.40. The van der Waals surface area contributed by atoms with Gasteiger partial charge in [-0.15, -0.1) is 22.9 Å². The van der Waals surface area contributed by atoms with Crippen LogP contribution in [0.25, 0.3) is 0 Å². The second-order valence-corrected chi connectivity index (χ2v) is 7.85. The van der Waals surface area contributed by atoms with Crippen LogP contribution in [0, 0.1) is 0 Å². The van der Waals surface area contributed by atoms with Crippen LogP contribution in [0.5, 0.6) is 0 Å². The Balaban J connectivity index is 1.93. The summed E-state index contributed by atoms with van der Waals surface area (Å²) in [5.41, 5.74) is 2.49. The summed E-state index contributed by atoms with van der Waals surface area (Å²) in [7, 11) is 3.88. The molecule has 3 aromatic rings. The number of amides is 2. The van der Waals surface area contributed by atoms with E-state index in [1.54, 1.807) is 17.2 Å². The average Bonchev–Trinajstić information content (AvgIpc) is 3.41. The Morgan fingerprint density at radius 3 is 2.59 bits per heavy atom. The first-order chi connectivity index (χ1) is 14.0. The highest BCUT2D eigenvalue weighted by molar-refractivity contribution is 7.12. The average molecular weight is 432 g/mol. The van der Waals surface area contributed by atoms with Crippen molar-refractivity contribution in [3.8, 4) is 0 Å². The number of thiophene rings is 1. The zero-order valence-electron chi connectivity index (χ0n) is 16.2. The van der Waals surface area contributed by atoms with Crippen molar-refractivity contribution in [1.29, 1.82) is 0 Å². The van der Waals surface area contributed by atoms with E-state index >= 15 is 0 Å². The van der Waals surface area contributed by atoms with Gasteiger partial charge in [-0.3, -0.25) is 9.59 Å². The fourth-order valence-corrected chi connectivity index (χ4v) is 3.73. The number of rotatable bonds is 8. The predicted molar refractivity (Wildman–Crippen MR) is 117 cm³/mol. The van der Waals surface area contributed by atoms with E-state index in [1.165, 1.54) is 11.3 Å². The maximum absolute atomic E-state index is 13.1. The van der Waals surface area contributed by atoms with Gasteiger partial charge in [0.1, 0.15) is 11.6 Å². The fraction of sp³-hybridized carbons (Fsp3) is 0.238. The molecule has 152 valence electrons. The highest BCUT2D eigenvalue weighted by Crippen LogP contribution is 2.26. The number of hydrogen-bond donors (Lipinski definition) is 1. The Morgan fingerprint density at radius 1 is 1.14 bits per heavy atom. The molecule has 0 bridgehead atoms. The van der Waals surface area contributed by atoms with Gasteiger partial charge in [-0.05, 0) is 47.3 Å². The number of hydrogen-bond acceptors (Lipinski definition) is 5. The van der Waals surface area contributed by atoms with Crippen LogP contribution in [0.1, 0.15) is 21.0 Å². The number of anilines is 2. The van der Waals surface area contributed by atoms with Crippen molar-refractivity contribution in [2.24, 2.45) is 0 Å². The van der Waals surface area contributed by atoms with Gasteiger partial charge in [-0.25, -0.2) is 0 Å². The van der Waals surface area contributed by atoms with Crippen molar-refractivity contribution in [2.45, 2.75) is 13.1 Å². The van der Waals surface area contributed by atoms with Crippen molar-refractivity contribution < 1.29 is 14.0 Å². The van der Waals surface area contributed by atoms with Crippen molar-refractivity contribution in [3.05, 3.63) is 70.3 Å². The van der Waals surface area contributed by atoms with Gasteiger partial charge in [-0.1, -0.05) is 6.07 Å². The van der Waals surface area contributed by atoms with Crippen LogP contribution in [-0.4, -0.2) is 36.7 Å². The lowest BCUT2D eigenvalue weighted by atomic mass is 10.1. The summed E-state index contributed by atoms with van der Waals surface area (Å²) in [4.78, 5) is 29.2. The third-order valence-electron chi connectivity index (χ3n) is 4.27. The molecule has 0 unspecified atom stereocenters. The first kappa shape index (κ1) is 21.0. The number of halogens is 1. The molecule has 8 heteroatoms. The molecule has 2 heterocycles. The number of nitrogens with one attached hydrogen (secondary N) is 1. The van der Waals surface area contributed by atoms with Gasteiger partial charge in [0.25, 0.3) is 5.91 Å². The smallest absolute Gasteiger partial charge is 0.264 e. The number of nitrogens with zero attached hydrogens (tertiary/aromatic N) is 2. The second-order valence-electron chi connectivity index (χ2n) is 6.64. The van der Waals surface area contributed by atoms with Gasteiger partial charge in [0, 0.05) is 32.0 Å². The highest BCUT2D eigenvalue weighted by Gasteiger charge is 2.21. The van der Waals surface area contributed by atoms with E-state index in [4.69, 9.17) is 16.0 Å². The number of carbonyl (C=O) groups is 2. The minimum atomic E-state index is -0.280. The highest BCUT2D eigenvalue weighted by atomic mass is 35.5. The molecule has 0 atom stereocenters. The summed E-state index contributed by atoms with van der Waals surface area (Å²) in [6, 6.07) is 12.9. The van der Waals surface area contributed by atoms with Crippen LogP contribution < -0.4 is 10.2 Å². The van der Waals surface area contributed by atoms with E-state index in [9.17, 15) is 9.59 Å². The summed E-state index contributed by atoms with van der Waals surface area (Å²) >= 11 is 7.01. The van der Waals surface area contributed by atoms with Gasteiger partial charge in [0.2, 0.25) is 5.91 Å². The Labute approximate surface area is 178 Å². The minimum absolute atomic E-state index is 0.0729. The lowest BCUT2D eigenvalue weighted by molar-refractivity contribution is -0.113. The van der Waals surface area contributed by atoms with E-state index < -0.39 is 0 Å². The van der Waals surface area contributed by atoms with Gasteiger partial charge < -0.3 is 19.5 Å². The summed E-state index contributed by atoms with van der Waals surface area (Å²) in [6.07, 6.45) is 1.59. The quantitative estimate of drug-likeness (QED) is 0.536. The molecule has 0 saturated heterocycles. The number of benzene rings is 1. The fourth-order valence-electron chi connectivity index (χ4n) is 2.97. The lowest BCUT2D eigenvalue weighted by Gasteiger charge is -2.25. The van der Waals surface area contributed by atoms with E-state index in [-0.39, 0.29) is 17.7 Å². The largest absolute Gasteiger partial charge is 0.467 e. The van der Waals surface area contributed by atoms with E-state index in [2.05, 4.69) is 5.32 Å². The Morgan fingerprint density at radius 2 is 1.97 bits per heavy atom. The topological polar surface area (TPSA) is 65.8 Å². The summed E-state index contributed by atoms with van der Waals surface area (Å²) in [5, 5.41) is 4.65. The van der Waals surface area contributed by atoms with E-state index in [0.29, 0.717) is 29.4 Å². The predicted octanol–water partition coefficient (Wildman–Crippen LogP) is 4.43. The van der Waals surface area contributed by atoms with Crippen molar-refractivity contribution in [2.75, 3.05) is 30.2 Å². The van der Waals surface area contributed by atoms with E-state index in [1.807, 2.05) is 60.8 Å². The normalized spacial score (nSPS) is 10.6. The minimum Gasteiger partial charge on any atom is -0.467 e. The Hall–Kier alpha value is -2.77. The molecule has 2 amide bonds. The monoisotopic (exact) mass is 431 g/mol. The van der Waals surface area contributed by atoms with Gasteiger partial charge in [0.05, 0.1) is 17.7 Å². The lowest BCUT2D eigenvalue weighted by Crippen LogP contribution is -2.30. The molecule has 1 aromatic carbocycles. The summed E-state index contributed by atoms with van der Waals surface area (Å²) in [6.45, 7) is 0.699. The molecule has 0 radical (unpaired) electrons. The molecular formula is C21H22ClN3O3S. The molecule has 0 aliphatic carbocycles. The maximum atomic E-state index is 13.1. The third-order valence-corrected chi connectivity index (χ3v) is 5.37. The molecule has 29 heavy (non-hydrogen) atoms. The van der Waals surface area contributed by atoms with Gasteiger partial charge in [0.15, 0.2) is 0 Å². The molecule has 6 nitrogen and oxygen atoms in total. The molecule has 0 aliphatic heterocycles. The van der Waals surface area contributed by atoms with Crippen LogP contribution >= 0.6 is 22.9 Å². The zero-order valence-corrected chi connectivity index (χ0v) is 17.8. The number of alkyl halides is 1. The zero-order chi connectivity index (χ0) is 20.8. The Bertz CT molecular complexity index is 956. The van der Waals surface area contributed by atoms with Crippen LogP contribution in [0.2, 0.25) is 0 Å². The summed E-state index contributed by atoms with van der Waals surface area (Å²) < 4.78 is 5.47. The maximum Gasteiger partial charge on any atom is 0.264 e. The SMILES string of the molecule is CN(C)c1ccc(NC(=O)CCl)cc1CN(Cc1ccco1)C(=O)c1cccs1. The van der Waals surface area contributed by atoms with Crippen LogP contribution in [0.3, 0.4) is 0 Å². The van der Waals surface area contributed by atoms with Gasteiger partial charge in [-0.2, -0.15) is 0 Å². The first-order valence-corrected chi connectivity index (χ1v) is 10.4. The molecule has 0 spiro atoms. The van der Waals surface area contributed by atoms with Crippen LogP contribution in [-0.2, 0) is 17.9 Å². The molecular weight excluding hydrogens is 410 g/mol. The van der Waals surface area contributed by atoms with Crippen molar-refractivity contribution in [3.63, 3.8) is 0 Å². The number of carbonyl (C=O) groups excluding carboxylic acids is 2. The van der Waals surface area contributed by atoms with Gasteiger partial charge >= 0.3 is 0 Å². The molecule has 2 aromatic heterocycles. The molecule has 1 N–H and O–H groups in total. The van der Waals surface area contributed by atoms with E-state index in [0.717, 1.165) is 11.3 Å². The number of furan rings is 1. The first-order valence-electron chi connectivity index (χ1n) is 8.99. The van der Waals surface area contributed by atoms with Crippen LogP contribution in [0.15, 0.2) is 58.5 Å². The molecule has 0 saturated carbocycles. The molecule has 0 aliphatic rings. The van der Waals surface area contributed by atoms with Crippen molar-refractivity contribution >= 4 is 46.1 Å². The standard InChI is InChI=1S/C21H22ClN3O3S/c1-24(2)18-8-7-16(23-20(26)12-22)11-15(18)13-25(14-17-5-3-9-28-17)21(27)19-6-4-10-29-19/h3-11H,12-14H2,1-2H3,(H,23,26). The second kappa shape index (κ2) is 9.62.